The lowest BCUT2D eigenvalue weighted by Crippen LogP contribution is -2.67. The largest absolute Gasteiger partial charge is 0.469 e. The second kappa shape index (κ2) is 2.02. The van der Waals surface area contributed by atoms with Crippen LogP contribution < -0.4 is 0 Å². The summed E-state index contributed by atoms with van der Waals surface area (Å²) in [5.74, 6) is -0.192. The lowest BCUT2D eigenvalue weighted by molar-refractivity contribution is -0.217. The van der Waals surface area contributed by atoms with Crippen molar-refractivity contribution in [3.63, 3.8) is 0 Å². The van der Waals surface area contributed by atoms with E-state index in [0.29, 0.717) is 19.3 Å². The fourth-order valence-corrected chi connectivity index (χ4v) is 2.63. The minimum atomic E-state index is -0.365. The first-order valence-corrected chi connectivity index (χ1v) is 4.21. The van der Waals surface area contributed by atoms with Crippen LogP contribution in [0.4, 0.5) is 0 Å². The zero-order chi connectivity index (χ0) is 8.98. The zero-order valence-corrected chi connectivity index (χ0v) is 7.48. The zero-order valence-electron chi connectivity index (χ0n) is 6.72. The Labute approximate surface area is 75.0 Å². The highest BCUT2D eigenvalue weighted by Crippen LogP contribution is 2.74. The molecule has 0 aliphatic heterocycles. The fourth-order valence-electron chi connectivity index (χ4n) is 2.43. The summed E-state index contributed by atoms with van der Waals surface area (Å²) in [5, 5.41) is -0.298. The molecule has 0 heterocycles. The molecule has 3 aliphatic rings. The number of methoxy groups -OCH3 is 1. The number of esters is 1. The van der Waals surface area contributed by atoms with Gasteiger partial charge in [0.25, 0.3) is 0 Å². The van der Waals surface area contributed by atoms with Gasteiger partial charge in [-0.05, 0) is 30.9 Å². The van der Waals surface area contributed by atoms with Crippen molar-refractivity contribution in [3.8, 4) is 0 Å². The molecule has 3 aliphatic carbocycles. The molecule has 66 valence electrons. The summed E-state index contributed by atoms with van der Waals surface area (Å²) in [6.07, 6.45) is 1.78. The van der Waals surface area contributed by atoms with E-state index in [4.69, 9.17) is 11.6 Å². The third-order valence-corrected chi connectivity index (χ3v) is 3.47. The van der Waals surface area contributed by atoms with Crippen LogP contribution in [-0.2, 0) is 14.3 Å². The fraction of sp³-hybridized carbons (Fsp3) is 0.750. The molecule has 3 nitrogen and oxygen atoms in total. The van der Waals surface area contributed by atoms with Crippen LogP contribution in [0.3, 0.4) is 0 Å². The van der Waals surface area contributed by atoms with Crippen LogP contribution in [0.25, 0.3) is 0 Å². The van der Waals surface area contributed by atoms with Crippen molar-refractivity contribution in [1.82, 2.24) is 0 Å². The molecule has 0 radical (unpaired) electrons. The number of carbonyl (C=O) groups is 2. The minimum absolute atomic E-state index is 0.192. The first-order valence-electron chi connectivity index (χ1n) is 3.83. The quantitative estimate of drug-likeness (QED) is 0.482. The van der Waals surface area contributed by atoms with Gasteiger partial charge < -0.3 is 4.74 Å². The molecule has 3 fully saturated rings. The number of hydrogen-bond acceptors (Lipinski definition) is 3. The first kappa shape index (κ1) is 8.05. The summed E-state index contributed by atoms with van der Waals surface area (Å²) in [6.45, 7) is 0. The Hall–Kier alpha value is -0.570. The summed E-state index contributed by atoms with van der Waals surface area (Å²) in [7, 11) is 1.37. The number of halogens is 1. The van der Waals surface area contributed by atoms with E-state index < -0.39 is 0 Å². The molecule has 3 saturated carbocycles. The van der Waals surface area contributed by atoms with Gasteiger partial charge in [-0.1, -0.05) is 0 Å². The Balaban J connectivity index is 2.04. The highest BCUT2D eigenvalue weighted by atomic mass is 35.5. The smallest absolute Gasteiger partial charge is 0.311 e. The van der Waals surface area contributed by atoms with Crippen LogP contribution >= 0.6 is 11.6 Å². The monoisotopic (exact) mass is 188 g/mol. The van der Waals surface area contributed by atoms with Gasteiger partial charge in [-0.2, -0.15) is 0 Å². The molecule has 0 spiro atoms. The molecule has 0 amide bonds. The number of rotatable bonds is 2. The van der Waals surface area contributed by atoms with Crippen molar-refractivity contribution in [1.29, 1.82) is 0 Å². The van der Waals surface area contributed by atoms with Gasteiger partial charge in [-0.15, -0.1) is 0 Å². The maximum atomic E-state index is 11.1. The Morgan fingerprint density at radius 2 is 1.75 bits per heavy atom. The molecular weight excluding hydrogens is 180 g/mol. The Bertz CT molecular complexity index is 252. The molecular formula is C8H9ClO3. The van der Waals surface area contributed by atoms with E-state index in [2.05, 4.69) is 4.74 Å². The number of ether oxygens (including phenoxy) is 1. The van der Waals surface area contributed by atoms with Crippen LogP contribution in [0.15, 0.2) is 0 Å². The summed E-state index contributed by atoms with van der Waals surface area (Å²) in [6, 6.07) is 0. The van der Waals surface area contributed by atoms with Gasteiger partial charge in [0.05, 0.1) is 12.5 Å². The van der Waals surface area contributed by atoms with Crippen LogP contribution in [0.5, 0.6) is 0 Å². The van der Waals surface area contributed by atoms with Gasteiger partial charge in [0.15, 0.2) is 0 Å². The van der Waals surface area contributed by atoms with Gasteiger partial charge in [0.1, 0.15) is 0 Å². The Morgan fingerprint density at radius 1 is 1.25 bits per heavy atom. The maximum Gasteiger partial charge on any atom is 0.311 e. The van der Waals surface area contributed by atoms with Crippen LogP contribution in [0, 0.1) is 10.8 Å². The van der Waals surface area contributed by atoms with E-state index in [1.165, 1.54) is 7.11 Å². The molecule has 0 unspecified atom stereocenters. The lowest BCUT2D eigenvalue weighted by atomic mass is 9.35. The third kappa shape index (κ3) is 0.678. The normalized spacial score (nSPS) is 42.5. The molecule has 0 aromatic rings. The average Bonchev–Trinajstić information content (AvgIpc) is 1.80. The topological polar surface area (TPSA) is 43.4 Å². The first-order chi connectivity index (χ1) is 5.55. The maximum absolute atomic E-state index is 11.1. The van der Waals surface area contributed by atoms with Crippen molar-refractivity contribution in [2.24, 2.45) is 10.8 Å². The SMILES string of the molecule is COC(=O)[C@]12C[C@@](C(=O)Cl)(C1)C2. The standard InChI is InChI=1S/C8H9ClO3/c1-12-6(11)8-2-7(3-8,4-8)5(9)10/h2-4H2,1H3/t7-,8-. The Kier molecular flexibility index (Phi) is 1.35. The van der Waals surface area contributed by atoms with Gasteiger partial charge in [-0.3, -0.25) is 9.59 Å². The van der Waals surface area contributed by atoms with Crippen molar-refractivity contribution in [3.05, 3.63) is 0 Å². The second-order valence-electron chi connectivity index (χ2n) is 3.86. The summed E-state index contributed by atoms with van der Waals surface area (Å²) >= 11 is 5.38. The van der Waals surface area contributed by atoms with Crippen molar-refractivity contribution >= 4 is 22.8 Å². The molecule has 12 heavy (non-hydrogen) atoms. The molecule has 0 N–H and O–H groups in total. The van der Waals surface area contributed by atoms with Gasteiger partial charge in [0, 0.05) is 5.41 Å². The predicted molar refractivity (Wildman–Crippen MR) is 41.6 cm³/mol. The van der Waals surface area contributed by atoms with Crippen molar-refractivity contribution in [2.75, 3.05) is 7.11 Å². The molecule has 3 rings (SSSR count). The van der Waals surface area contributed by atoms with E-state index in [9.17, 15) is 9.59 Å². The predicted octanol–water partition coefficient (Wildman–Crippen LogP) is 1.10. The van der Waals surface area contributed by atoms with Crippen LogP contribution in [0.1, 0.15) is 19.3 Å². The molecule has 4 heteroatoms. The van der Waals surface area contributed by atoms with E-state index in [0.717, 1.165) is 0 Å². The average molecular weight is 189 g/mol. The third-order valence-electron chi connectivity index (χ3n) is 3.07. The van der Waals surface area contributed by atoms with Gasteiger partial charge in [-0.25, -0.2) is 0 Å². The Morgan fingerprint density at radius 3 is 2.08 bits per heavy atom. The van der Waals surface area contributed by atoms with Crippen LogP contribution in [0.2, 0.25) is 0 Å². The highest BCUT2D eigenvalue weighted by molar-refractivity contribution is 6.65. The van der Waals surface area contributed by atoms with Gasteiger partial charge in [0.2, 0.25) is 5.24 Å². The summed E-state index contributed by atoms with van der Waals surface area (Å²) in [4.78, 5) is 22.0. The number of carbonyl (C=O) groups excluding carboxylic acids is 2. The van der Waals surface area contributed by atoms with Crippen molar-refractivity contribution < 1.29 is 14.3 Å². The van der Waals surface area contributed by atoms with E-state index in [1.54, 1.807) is 0 Å². The minimum Gasteiger partial charge on any atom is -0.469 e. The molecule has 0 atom stereocenters. The van der Waals surface area contributed by atoms with E-state index in [1.807, 2.05) is 0 Å². The van der Waals surface area contributed by atoms with Crippen LogP contribution in [-0.4, -0.2) is 18.3 Å². The highest BCUT2D eigenvalue weighted by Gasteiger charge is 2.75. The van der Waals surface area contributed by atoms with E-state index in [-0.39, 0.29) is 22.0 Å². The lowest BCUT2D eigenvalue weighted by Gasteiger charge is -2.66. The summed E-state index contributed by atoms with van der Waals surface area (Å²) in [5.41, 5.74) is -0.713. The number of hydrogen-bond donors (Lipinski definition) is 0. The van der Waals surface area contributed by atoms with Crippen molar-refractivity contribution in [2.45, 2.75) is 19.3 Å². The molecule has 0 aromatic heterocycles. The molecule has 0 aromatic carbocycles. The second-order valence-corrected chi connectivity index (χ2v) is 4.20. The van der Waals surface area contributed by atoms with Gasteiger partial charge >= 0.3 is 5.97 Å². The molecule has 0 saturated heterocycles. The summed E-state index contributed by atoms with van der Waals surface area (Å²) < 4.78 is 4.63. The van der Waals surface area contributed by atoms with E-state index >= 15 is 0 Å². The molecule has 2 bridgehead atoms.